The molecule has 4 rings (SSSR count). The fourth-order valence-electron chi connectivity index (χ4n) is 4.01. The van der Waals surface area contributed by atoms with Crippen LogP contribution in [0.4, 0.5) is 0 Å². The standard InChI is InChI=1S/C28H28N2O6S/c1-5-14-36-21-11-9-8-10-18(21)16-24-26(31)30-25(20(27(32)33-4)17-29-28(30)37-24)19-12-13-22(34-6-2)23(15-19)35-7-3/h5,8-13,15-17,25H,1,6-7,14H2,2-4H3/b24-16-/t25-/m0/s1. The zero-order valence-corrected chi connectivity index (χ0v) is 21.7. The lowest BCUT2D eigenvalue weighted by Gasteiger charge is -2.23. The molecule has 0 N–H and O–H groups in total. The maximum absolute atomic E-state index is 13.8. The zero-order valence-electron chi connectivity index (χ0n) is 20.9. The predicted octanol–water partition coefficient (Wildman–Crippen LogP) is 3.38. The summed E-state index contributed by atoms with van der Waals surface area (Å²) in [4.78, 5) is 31.4. The molecule has 9 heteroatoms. The number of hydrogen-bond acceptors (Lipinski definition) is 8. The number of carbonyl (C=O) groups is 1. The molecule has 0 radical (unpaired) electrons. The Morgan fingerprint density at radius 2 is 1.84 bits per heavy atom. The van der Waals surface area contributed by atoms with Crippen molar-refractivity contribution in [3.05, 3.63) is 97.7 Å². The van der Waals surface area contributed by atoms with Crippen LogP contribution in [0.1, 0.15) is 31.0 Å². The number of methoxy groups -OCH3 is 1. The maximum atomic E-state index is 13.8. The van der Waals surface area contributed by atoms with Crippen LogP contribution in [0.5, 0.6) is 17.2 Å². The molecule has 0 amide bonds. The average molecular weight is 521 g/mol. The minimum absolute atomic E-state index is 0.239. The van der Waals surface area contributed by atoms with Gasteiger partial charge in [-0.2, -0.15) is 0 Å². The first kappa shape index (κ1) is 26.0. The first-order valence-electron chi connectivity index (χ1n) is 11.8. The van der Waals surface area contributed by atoms with Gasteiger partial charge in [-0.25, -0.2) is 9.79 Å². The molecule has 192 valence electrons. The smallest absolute Gasteiger partial charge is 0.337 e. The van der Waals surface area contributed by atoms with Crippen LogP contribution in [-0.4, -0.2) is 37.5 Å². The predicted molar refractivity (Wildman–Crippen MR) is 142 cm³/mol. The molecule has 0 aliphatic carbocycles. The van der Waals surface area contributed by atoms with E-state index >= 15 is 0 Å². The molecule has 0 spiro atoms. The Kier molecular flexibility index (Phi) is 8.25. The summed E-state index contributed by atoms with van der Waals surface area (Å²) in [6.45, 7) is 8.70. The molecule has 0 unspecified atom stereocenters. The minimum atomic E-state index is -0.756. The van der Waals surface area contributed by atoms with Gasteiger partial charge in [0.2, 0.25) is 0 Å². The highest BCUT2D eigenvalue weighted by Crippen LogP contribution is 2.35. The number of ether oxygens (including phenoxy) is 4. The van der Waals surface area contributed by atoms with E-state index in [0.717, 1.165) is 5.56 Å². The van der Waals surface area contributed by atoms with E-state index in [4.69, 9.17) is 18.9 Å². The van der Waals surface area contributed by atoms with Crippen molar-refractivity contribution in [1.82, 2.24) is 4.57 Å². The number of aromatic nitrogens is 1. The van der Waals surface area contributed by atoms with Crippen LogP contribution < -0.4 is 29.1 Å². The summed E-state index contributed by atoms with van der Waals surface area (Å²) in [5.41, 5.74) is 1.37. The topological polar surface area (TPSA) is 88.3 Å². The molecule has 8 nitrogen and oxygen atoms in total. The molecule has 3 aromatic rings. The lowest BCUT2D eigenvalue weighted by Crippen LogP contribution is -2.39. The molecule has 0 saturated carbocycles. The molecule has 1 aliphatic heterocycles. The van der Waals surface area contributed by atoms with E-state index < -0.39 is 12.0 Å². The molecular formula is C28H28N2O6S. The van der Waals surface area contributed by atoms with Crippen molar-refractivity contribution in [3.63, 3.8) is 0 Å². The second kappa shape index (κ2) is 11.7. The van der Waals surface area contributed by atoms with Gasteiger partial charge >= 0.3 is 5.97 Å². The van der Waals surface area contributed by atoms with Crippen molar-refractivity contribution in [2.75, 3.05) is 26.9 Å². The van der Waals surface area contributed by atoms with Gasteiger partial charge in [0, 0.05) is 11.8 Å². The van der Waals surface area contributed by atoms with Gasteiger partial charge in [-0.15, -0.1) is 0 Å². The van der Waals surface area contributed by atoms with Crippen molar-refractivity contribution in [2.24, 2.45) is 4.99 Å². The van der Waals surface area contributed by atoms with Gasteiger partial charge in [-0.05, 0) is 43.7 Å². The Bertz CT molecular complexity index is 1520. The Morgan fingerprint density at radius 3 is 2.57 bits per heavy atom. The van der Waals surface area contributed by atoms with E-state index in [1.54, 1.807) is 24.3 Å². The second-order valence-electron chi connectivity index (χ2n) is 7.89. The normalized spacial score (nSPS) is 14.7. The Morgan fingerprint density at radius 1 is 1.08 bits per heavy atom. The third-order valence-corrected chi connectivity index (χ3v) is 6.57. The largest absolute Gasteiger partial charge is 0.490 e. The van der Waals surface area contributed by atoms with E-state index in [-0.39, 0.29) is 11.1 Å². The maximum Gasteiger partial charge on any atom is 0.337 e. The lowest BCUT2D eigenvalue weighted by molar-refractivity contribution is -0.136. The van der Waals surface area contributed by atoms with Crippen LogP contribution in [0, 0.1) is 0 Å². The van der Waals surface area contributed by atoms with Crippen molar-refractivity contribution in [1.29, 1.82) is 0 Å². The summed E-state index contributed by atoms with van der Waals surface area (Å²) < 4.78 is 24.2. The van der Waals surface area contributed by atoms with Gasteiger partial charge in [0.25, 0.3) is 5.56 Å². The van der Waals surface area contributed by atoms with Crippen LogP contribution in [0.2, 0.25) is 0 Å². The molecule has 1 aromatic heterocycles. The van der Waals surface area contributed by atoms with Gasteiger partial charge < -0.3 is 18.9 Å². The van der Waals surface area contributed by atoms with E-state index in [2.05, 4.69) is 11.6 Å². The Balaban J connectivity index is 1.89. The number of para-hydroxylation sites is 1. The van der Waals surface area contributed by atoms with Gasteiger partial charge in [-0.3, -0.25) is 9.36 Å². The van der Waals surface area contributed by atoms with Gasteiger partial charge in [0.05, 0.1) is 36.5 Å². The van der Waals surface area contributed by atoms with Crippen LogP contribution in [-0.2, 0) is 9.53 Å². The number of fused-ring (bicyclic) bond motifs is 1. The molecule has 0 bridgehead atoms. The monoisotopic (exact) mass is 520 g/mol. The van der Waals surface area contributed by atoms with Crippen LogP contribution in [0.15, 0.2) is 76.7 Å². The summed E-state index contributed by atoms with van der Waals surface area (Å²) >= 11 is 1.23. The zero-order chi connectivity index (χ0) is 26.4. The van der Waals surface area contributed by atoms with E-state index in [1.165, 1.54) is 29.2 Å². The van der Waals surface area contributed by atoms with Crippen molar-refractivity contribution in [2.45, 2.75) is 19.9 Å². The van der Waals surface area contributed by atoms with Crippen LogP contribution >= 0.6 is 11.3 Å². The van der Waals surface area contributed by atoms with Crippen molar-refractivity contribution in [3.8, 4) is 17.2 Å². The summed E-state index contributed by atoms with van der Waals surface area (Å²) in [6, 6.07) is 12.1. The molecule has 2 heterocycles. The minimum Gasteiger partial charge on any atom is -0.490 e. The fourth-order valence-corrected chi connectivity index (χ4v) is 4.97. The molecule has 0 saturated heterocycles. The van der Waals surface area contributed by atoms with Gasteiger partial charge in [0.15, 0.2) is 16.3 Å². The second-order valence-corrected chi connectivity index (χ2v) is 8.89. The fraction of sp³-hybridized carbons (Fsp3) is 0.250. The molecular weight excluding hydrogens is 492 g/mol. The van der Waals surface area contributed by atoms with Crippen LogP contribution in [0.3, 0.4) is 0 Å². The summed E-state index contributed by atoms with van der Waals surface area (Å²) in [5, 5.41) is 0. The molecule has 1 aliphatic rings. The van der Waals surface area contributed by atoms with Crippen molar-refractivity contribution < 1.29 is 23.7 Å². The van der Waals surface area contributed by atoms with Crippen molar-refractivity contribution >= 4 is 23.4 Å². The highest BCUT2D eigenvalue weighted by atomic mass is 32.1. The first-order chi connectivity index (χ1) is 18.0. The molecule has 2 aromatic carbocycles. The first-order valence-corrected chi connectivity index (χ1v) is 12.7. The lowest BCUT2D eigenvalue weighted by atomic mass is 9.97. The Hall–Kier alpha value is -4.11. The van der Waals surface area contributed by atoms with Gasteiger partial charge in [-0.1, -0.05) is 48.3 Å². The number of hydrogen-bond donors (Lipinski definition) is 0. The van der Waals surface area contributed by atoms with Crippen LogP contribution in [0.25, 0.3) is 6.08 Å². The number of carbonyl (C=O) groups excluding carboxylic acids is 1. The van der Waals surface area contributed by atoms with Gasteiger partial charge in [0.1, 0.15) is 12.4 Å². The third kappa shape index (κ3) is 5.36. The molecule has 0 fully saturated rings. The summed E-state index contributed by atoms with van der Waals surface area (Å²) in [5.74, 6) is 1.17. The van der Waals surface area contributed by atoms with E-state index in [1.807, 2.05) is 44.2 Å². The number of nitrogens with zero attached hydrogens (tertiary/aromatic N) is 2. The SMILES string of the molecule is C=CCOc1ccccc1/C=c1\sc2n(c1=O)[C@@H](c1ccc(OCC)c(OCC)c1)C(C(=O)OC)=CN=2. The van der Waals surface area contributed by atoms with E-state index in [0.29, 0.717) is 52.0 Å². The summed E-state index contributed by atoms with van der Waals surface area (Å²) in [7, 11) is 1.30. The highest BCUT2D eigenvalue weighted by molar-refractivity contribution is 7.07. The summed E-state index contributed by atoms with van der Waals surface area (Å²) in [6.07, 6.45) is 4.89. The highest BCUT2D eigenvalue weighted by Gasteiger charge is 2.31. The average Bonchev–Trinajstić information content (AvgIpc) is 3.23. The number of benzene rings is 2. The Labute approximate surface area is 218 Å². The number of esters is 1. The third-order valence-electron chi connectivity index (χ3n) is 5.57. The van der Waals surface area contributed by atoms with E-state index in [9.17, 15) is 9.59 Å². The molecule has 37 heavy (non-hydrogen) atoms. The quantitative estimate of drug-likeness (QED) is 0.301. The molecule has 1 atom stereocenters. The number of thiazole rings is 1. The number of rotatable bonds is 10.